The van der Waals surface area contributed by atoms with Gasteiger partial charge in [0, 0.05) is 31.3 Å². The lowest BCUT2D eigenvalue weighted by Gasteiger charge is -2.19. The first-order chi connectivity index (χ1) is 11.9. The van der Waals surface area contributed by atoms with Crippen molar-refractivity contribution in [2.45, 2.75) is 20.4 Å². The van der Waals surface area contributed by atoms with Crippen molar-refractivity contribution in [1.82, 2.24) is 9.88 Å². The Morgan fingerprint density at radius 2 is 1.88 bits per heavy atom. The number of carbonyl (C=O) groups is 2. The highest BCUT2D eigenvalue weighted by Crippen LogP contribution is 2.11. The van der Waals surface area contributed by atoms with E-state index in [0.717, 1.165) is 5.56 Å². The number of carbonyl (C=O) groups excluding carboxylic acids is 2. The molecule has 0 aliphatic rings. The van der Waals surface area contributed by atoms with Crippen LogP contribution in [0.1, 0.15) is 35.3 Å². The molecular formula is C19H20N4O2. The maximum atomic E-state index is 12.2. The minimum absolute atomic E-state index is 0.0463. The monoisotopic (exact) mass is 336 g/mol. The largest absolute Gasteiger partial charge is 0.341 e. The molecule has 1 heterocycles. The van der Waals surface area contributed by atoms with Crippen molar-refractivity contribution in [3.05, 3.63) is 59.3 Å². The van der Waals surface area contributed by atoms with Crippen molar-refractivity contribution in [2.24, 2.45) is 5.92 Å². The molecule has 0 unspecified atom stereocenters. The number of hydrogen-bond acceptors (Lipinski definition) is 4. The van der Waals surface area contributed by atoms with E-state index < -0.39 is 0 Å². The number of pyridine rings is 1. The number of nitrogens with zero attached hydrogens (tertiary/aromatic N) is 3. The van der Waals surface area contributed by atoms with Crippen LogP contribution in [0, 0.1) is 17.2 Å². The molecule has 0 radical (unpaired) electrons. The van der Waals surface area contributed by atoms with Crippen LogP contribution in [0.15, 0.2) is 42.6 Å². The number of benzene rings is 1. The highest BCUT2D eigenvalue weighted by molar-refractivity contribution is 6.03. The zero-order chi connectivity index (χ0) is 18.4. The minimum atomic E-state index is -0.282. The standard InChI is InChI=1S/C19H20N4O2/c1-13(2)19(25)23(3)12-14-4-7-16(8-5-14)18(24)22-17-9-6-15(10-20)11-21-17/h4-9,11,13H,12H2,1-3H3,(H,21,22,24). The van der Waals surface area contributed by atoms with E-state index in [-0.39, 0.29) is 17.7 Å². The fourth-order valence-corrected chi connectivity index (χ4v) is 2.28. The van der Waals surface area contributed by atoms with E-state index in [2.05, 4.69) is 10.3 Å². The first-order valence-corrected chi connectivity index (χ1v) is 7.92. The SMILES string of the molecule is CC(C)C(=O)N(C)Cc1ccc(C(=O)Nc2ccc(C#N)cn2)cc1. The van der Waals surface area contributed by atoms with Gasteiger partial charge >= 0.3 is 0 Å². The fraction of sp³-hybridized carbons (Fsp3) is 0.263. The van der Waals surface area contributed by atoms with Gasteiger partial charge in [0.05, 0.1) is 5.56 Å². The third kappa shape index (κ3) is 4.88. The predicted octanol–water partition coefficient (Wildman–Crippen LogP) is 2.82. The van der Waals surface area contributed by atoms with Gasteiger partial charge in [-0.25, -0.2) is 4.98 Å². The van der Waals surface area contributed by atoms with Crippen LogP contribution in [0.2, 0.25) is 0 Å². The molecule has 2 amide bonds. The molecule has 128 valence electrons. The maximum absolute atomic E-state index is 12.2. The Kier molecular flexibility index (Phi) is 5.85. The van der Waals surface area contributed by atoms with E-state index in [4.69, 9.17) is 5.26 Å². The van der Waals surface area contributed by atoms with E-state index in [1.165, 1.54) is 6.20 Å². The molecule has 0 saturated heterocycles. The van der Waals surface area contributed by atoms with Gasteiger partial charge in [0.1, 0.15) is 11.9 Å². The zero-order valence-corrected chi connectivity index (χ0v) is 14.5. The van der Waals surface area contributed by atoms with Gasteiger partial charge in [0.25, 0.3) is 5.91 Å². The molecule has 0 aliphatic heterocycles. The van der Waals surface area contributed by atoms with Gasteiger partial charge < -0.3 is 10.2 Å². The first-order valence-electron chi connectivity index (χ1n) is 7.92. The molecule has 6 heteroatoms. The number of anilines is 1. The number of rotatable bonds is 5. The van der Waals surface area contributed by atoms with Gasteiger partial charge in [-0.15, -0.1) is 0 Å². The third-order valence-electron chi connectivity index (χ3n) is 3.64. The van der Waals surface area contributed by atoms with Crippen molar-refractivity contribution in [3.63, 3.8) is 0 Å². The average molecular weight is 336 g/mol. The summed E-state index contributed by atoms with van der Waals surface area (Å²) in [7, 11) is 1.76. The highest BCUT2D eigenvalue weighted by atomic mass is 16.2. The van der Waals surface area contributed by atoms with Gasteiger partial charge in [0.15, 0.2) is 0 Å². The van der Waals surface area contributed by atoms with Crippen LogP contribution in [-0.4, -0.2) is 28.7 Å². The average Bonchev–Trinajstić information content (AvgIpc) is 2.62. The van der Waals surface area contributed by atoms with Crippen LogP contribution in [0.5, 0.6) is 0 Å². The summed E-state index contributed by atoms with van der Waals surface area (Å²) in [5.74, 6) is 0.134. The lowest BCUT2D eigenvalue weighted by molar-refractivity contribution is -0.133. The van der Waals surface area contributed by atoms with Gasteiger partial charge in [-0.05, 0) is 29.8 Å². The van der Waals surface area contributed by atoms with Gasteiger partial charge in [-0.2, -0.15) is 5.26 Å². The Morgan fingerprint density at radius 3 is 2.40 bits per heavy atom. The van der Waals surface area contributed by atoms with Crippen LogP contribution < -0.4 is 5.32 Å². The predicted molar refractivity (Wildman–Crippen MR) is 94.7 cm³/mol. The molecule has 0 atom stereocenters. The molecule has 1 aromatic carbocycles. The number of nitrogens with one attached hydrogen (secondary N) is 1. The Morgan fingerprint density at radius 1 is 1.20 bits per heavy atom. The summed E-state index contributed by atoms with van der Waals surface area (Å²) in [4.78, 5) is 29.8. The second-order valence-corrected chi connectivity index (χ2v) is 6.04. The van der Waals surface area contributed by atoms with Crippen molar-refractivity contribution >= 4 is 17.6 Å². The second kappa shape index (κ2) is 8.06. The summed E-state index contributed by atoms with van der Waals surface area (Å²) < 4.78 is 0. The second-order valence-electron chi connectivity index (χ2n) is 6.04. The van der Waals surface area contributed by atoms with Gasteiger partial charge in [-0.3, -0.25) is 9.59 Å². The smallest absolute Gasteiger partial charge is 0.256 e. The summed E-state index contributed by atoms with van der Waals surface area (Å²) in [6.07, 6.45) is 1.40. The Balaban J connectivity index is 2.00. The Labute approximate surface area is 147 Å². The van der Waals surface area contributed by atoms with E-state index in [1.54, 1.807) is 36.2 Å². The van der Waals surface area contributed by atoms with E-state index in [1.807, 2.05) is 32.0 Å². The van der Waals surface area contributed by atoms with Gasteiger partial charge in [0.2, 0.25) is 5.91 Å². The molecule has 0 fully saturated rings. The maximum Gasteiger partial charge on any atom is 0.256 e. The highest BCUT2D eigenvalue weighted by Gasteiger charge is 2.13. The summed E-state index contributed by atoms with van der Waals surface area (Å²) in [5.41, 5.74) is 1.87. The number of hydrogen-bond donors (Lipinski definition) is 1. The summed E-state index contributed by atoms with van der Waals surface area (Å²) in [6.45, 7) is 4.23. The fourth-order valence-electron chi connectivity index (χ4n) is 2.28. The number of amides is 2. The lowest BCUT2D eigenvalue weighted by atomic mass is 10.1. The third-order valence-corrected chi connectivity index (χ3v) is 3.64. The molecular weight excluding hydrogens is 316 g/mol. The summed E-state index contributed by atoms with van der Waals surface area (Å²) in [5, 5.41) is 11.4. The zero-order valence-electron chi connectivity index (χ0n) is 14.5. The molecule has 0 bridgehead atoms. The molecule has 6 nitrogen and oxygen atoms in total. The van der Waals surface area contributed by atoms with E-state index in [0.29, 0.717) is 23.5 Å². The molecule has 2 rings (SSSR count). The number of nitriles is 1. The van der Waals surface area contributed by atoms with Crippen molar-refractivity contribution in [2.75, 3.05) is 12.4 Å². The Bertz CT molecular complexity index is 790. The normalized spacial score (nSPS) is 10.2. The summed E-state index contributed by atoms with van der Waals surface area (Å²) in [6, 6.07) is 12.2. The molecule has 0 spiro atoms. The minimum Gasteiger partial charge on any atom is -0.341 e. The molecule has 1 N–H and O–H groups in total. The molecule has 0 aliphatic carbocycles. The lowest BCUT2D eigenvalue weighted by Crippen LogP contribution is -2.29. The van der Waals surface area contributed by atoms with E-state index >= 15 is 0 Å². The first kappa shape index (κ1) is 18.1. The molecule has 25 heavy (non-hydrogen) atoms. The molecule has 1 aromatic heterocycles. The molecule has 2 aromatic rings. The molecule has 0 saturated carbocycles. The Hall–Kier alpha value is -3.20. The van der Waals surface area contributed by atoms with Crippen molar-refractivity contribution < 1.29 is 9.59 Å². The van der Waals surface area contributed by atoms with Crippen LogP contribution in [0.3, 0.4) is 0 Å². The van der Waals surface area contributed by atoms with Crippen LogP contribution >= 0.6 is 0 Å². The topological polar surface area (TPSA) is 86.1 Å². The van der Waals surface area contributed by atoms with Gasteiger partial charge in [-0.1, -0.05) is 26.0 Å². The quantitative estimate of drug-likeness (QED) is 0.909. The van der Waals surface area contributed by atoms with Crippen molar-refractivity contribution in [1.29, 1.82) is 5.26 Å². The van der Waals surface area contributed by atoms with Crippen LogP contribution in [-0.2, 0) is 11.3 Å². The van der Waals surface area contributed by atoms with E-state index in [9.17, 15) is 9.59 Å². The number of aromatic nitrogens is 1. The summed E-state index contributed by atoms with van der Waals surface area (Å²) >= 11 is 0. The van der Waals surface area contributed by atoms with Crippen molar-refractivity contribution in [3.8, 4) is 6.07 Å². The van der Waals surface area contributed by atoms with Crippen LogP contribution in [0.4, 0.5) is 5.82 Å². The van der Waals surface area contributed by atoms with Crippen LogP contribution in [0.25, 0.3) is 0 Å².